The molecule has 4 nitrogen and oxygen atoms in total. The molecule has 1 fully saturated rings. The first-order chi connectivity index (χ1) is 9.20. The predicted octanol–water partition coefficient (Wildman–Crippen LogP) is 3.51. The molecule has 3 N–H and O–H groups in total. The summed E-state index contributed by atoms with van der Waals surface area (Å²) in [4.78, 5) is 9.16. The van der Waals surface area contributed by atoms with Crippen molar-refractivity contribution < 1.29 is 0 Å². The highest BCUT2D eigenvalue weighted by atomic mass is 15.1. The first kappa shape index (κ1) is 15.1. The van der Waals surface area contributed by atoms with Crippen LogP contribution in [-0.2, 0) is 5.41 Å². The first-order valence-electron chi connectivity index (χ1n) is 7.61. The molecule has 20 heavy (non-hydrogen) atoms. The molecular weight excluding hydrogens is 248 g/mol. The monoisotopic (exact) mass is 276 g/mol. The van der Waals surface area contributed by atoms with Gasteiger partial charge in [-0.05, 0) is 31.6 Å². The van der Waals surface area contributed by atoms with Gasteiger partial charge in [-0.1, -0.05) is 34.6 Å². The summed E-state index contributed by atoms with van der Waals surface area (Å²) in [6.07, 6.45) is 2.49. The smallest absolute Gasteiger partial charge is 0.138 e. The Balaban J connectivity index is 2.29. The minimum atomic E-state index is -0.0904. The van der Waals surface area contributed by atoms with E-state index in [0.717, 1.165) is 23.1 Å². The fourth-order valence-corrected chi connectivity index (χ4v) is 2.75. The van der Waals surface area contributed by atoms with Crippen molar-refractivity contribution in [1.82, 2.24) is 9.97 Å². The molecule has 0 saturated heterocycles. The van der Waals surface area contributed by atoms with Crippen LogP contribution in [0.3, 0.4) is 0 Å². The van der Waals surface area contributed by atoms with Crippen molar-refractivity contribution in [3.05, 3.63) is 11.4 Å². The zero-order valence-electron chi connectivity index (χ0n) is 13.6. The van der Waals surface area contributed by atoms with Crippen molar-refractivity contribution in [3.63, 3.8) is 0 Å². The molecule has 0 spiro atoms. The predicted molar refractivity (Wildman–Crippen MR) is 84.9 cm³/mol. The number of hydrogen-bond acceptors (Lipinski definition) is 4. The molecular formula is C16H28N4. The van der Waals surface area contributed by atoms with E-state index >= 15 is 0 Å². The molecule has 4 heteroatoms. The van der Waals surface area contributed by atoms with Gasteiger partial charge in [0.1, 0.15) is 17.5 Å². The second-order valence-electron chi connectivity index (χ2n) is 7.32. The molecule has 3 atom stereocenters. The Hall–Kier alpha value is -1.32. The summed E-state index contributed by atoms with van der Waals surface area (Å²) >= 11 is 0. The van der Waals surface area contributed by atoms with Gasteiger partial charge < -0.3 is 11.1 Å². The lowest BCUT2D eigenvalue weighted by Gasteiger charge is -2.24. The molecule has 1 aromatic rings. The third-order valence-corrected chi connectivity index (χ3v) is 4.64. The third kappa shape index (κ3) is 2.89. The van der Waals surface area contributed by atoms with Crippen LogP contribution in [0.25, 0.3) is 0 Å². The van der Waals surface area contributed by atoms with E-state index in [9.17, 15) is 0 Å². The molecule has 0 aromatic carbocycles. The SMILES string of the molecule is Cc1c(N)nc(C(C)(C)C)nc1NC1CCC(C)C1C. The number of nitrogens with two attached hydrogens (primary N) is 1. The van der Waals surface area contributed by atoms with E-state index in [1.807, 2.05) is 6.92 Å². The van der Waals surface area contributed by atoms with Gasteiger partial charge in [-0.2, -0.15) is 0 Å². The number of nitrogens with zero attached hydrogens (tertiary/aromatic N) is 2. The summed E-state index contributed by atoms with van der Waals surface area (Å²) in [5, 5.41) is 3.61. The van der Waals surface area contributed by atoms with Gasteiger partial charge in [0.2, 0.25) is 0 Å². The zero-order valence-corrected chi connectivity index (χ0v) is 13.6. The maximum atomic E-state index is 6.06. The van der Waals surface area contributed by atoms with Gasteiger partial charge in [-0.3, -0.25) is 0 Å². The number of aromatic nitrogens is 2. The number of rotatable bonds is 2. The van der Waals surface area contributed by atoms with Crippen LogP contribution in [0.15, 0.2) is 0 Å². The number of nitrogens with one attached hydrogen (secondary N) is 1. The standard InChI is InChI=1S/C16H28N4/c1-9-7-8-12(10(9)2)18-14-11(3)13(17)19-15(20-14)16(4,5)6/h9-10,12H,7-8H2,1-6H3,(H3,17,18,19,20). The van der Waals surface area contributed by atoms with Crippen molar-refractivity contribution in [1.29, 1.82) is 0 Å². The van der Waals surface area contributed by atoms with E-state index in [1.54, 1.807) is 0 Å². The topological polar surface area (TPSA) is 63.8 Å². The quantitative estimate of drug-likeness (QED) is 0.867. The summed E-state index contributed by atoms with van der Waals surface area (Å²) in [5.41, 5.74) is 6.94. The molecule has 1 heterocycles. The average molecular weight is 276 g/mol. The van der Waals surface area contributed by atoms with Crippen LogP contribution in [0.1, 0.15) is 58.8 Å². The van der Waals surface area contributed by atoms with E-state index in [4.69, 9.17) is 10.7 Å². The van der Waals surface area contributed by atoms with Gasteiger partial charge in [-0.25, -0.2) is 9.97 Å². The lowest BCUT2D eigenvalue weighted by Crippen LogP contribution is -2.27. The highest BCUT2D eigenvalue weighted by Crippen LogP contribution is 2.34. The highest BCUT2D eigenvalue weighted by molar-refractivity contribution is 5.55. The van der Waals surface area contributed by atoms with E-state index in [1.165, 1.54) is 12.8 Å². The Morgan fingerprint density at radius 2 is 1.80 bits per heavy atom. The third-order valence-electron chi connectivity index (χ3n) is 4.64. The van der Waals surface area contributed by atoms with Crippen molar-refractivity contribution in [3.8, 4) is 0 Å². The summed E-state index contributed by atoms with van der Waals surface area (Å²) < 4.78 is 0. The zero-order chi connectivity index (χ0) is 15.1. The van der Waals surface area contributed by atoms with Crippen LogP contribution in [0.4, 0.5) is 11.6 Å². The molecule has 0 amide bonds. The summed E-state index contributed by atoms with van der Waals surface area (Å²) in [6.45, 7) is 13.0. The van der Waals surface area contributed by atoms with Crippen molar-refractivity contribution in [2.45, 2.75) is 65.8 Å². The Morgan fingerprint density at radius 1 is 1.15 bits per heavy atom. The maximum Gasteiger partial charge on any atom is 0.138 e. The van der Waals surface area contributed by atoms with E-state index in [-0.39, 0.29) is 5.41 Å². The molecule has 1 aliphatic carbocycles. The maximum absolute atomic E-state index is 6.06. The van der Waals surface area contributed by atoms with Crippen LogP contribution in [0, 0.1) is 18.8 Å². The molecule has 0 aliphatic heterocycles. The van der Waals surface area contributed by atoms with Crippen LogP contribution in [0.2, 0.25) is 0 Å². The Morgan fingerprint density at radius 3 is 2.30 bits per heavy atom. The number of nitrogen functional groups attached to an aromatic ring is 1. The van der Waals surface area contributed by atoms with Gasteiger partial charge in [0.25, 0.3) is 0 Å². The normalized spacial score (nSPS) is 26.8. The second-order valence-corrected chi connectivity index (χ2v) is 7.32. The molecule has 0 radical (unpaired) electrons. The lowest BCUT2D eigenvalue weighted by molar-refractivity contribution is 0.434. The lowest BCUT2D eigenvalue weighted by atomic mass is 9.95. The molecule has 1 saturated carbocycles. The van der Waals surface area contributed by atoms with Crippen LogP contribution >= 0.6 is 0 Å². The van der Waals surface area contributed by atoms with E-state index < -0.39 is 0 Å². The second kappa shape index (κ2) is 5.23. The molecule has 2 rings (SSSR count). The van der Waals surface area contributed by atoms with Gasteiger partial charge >= 0.3 is 0 Å². The summed E-state index contributed by atoms with van der Waals surface area (Å²) in [7, 11) is 0. The molecule has 0 bridgehead atoms. The van der Waals surface area contributed by atoms with Crippen molar-refractivity contribution in [2.75, 3.05) is 11.1 Å². The summed E-state index contributed by atoms with van der Waals surface area (Å²) in [5.74, 6) is 3.75. The van der Waals surface area contributed by atoms with Crippen molar-refractivity contribution >= 4 is 11.6 Å². The molecule has 1 aromatic heterocycles. The van der Waals surface area contributed by atoms with Crippen molar-refractivity contribution in [2.24, 2.45) is 11.8 Å². The van der Waals surface area contributed by atoms with Crippen LogP contribution in [0.5, 0.6) is 0 Å². The fourth-order valence-electron chi connectivity index (χ4n) is 2.75. The van der Waals surface area contributed by atoms with E-state index in [2.05, 4.69) is 44.9 Å². The van der Waals surface area contributed by atoms with Gasteiger partial charge in [0.05, 0.1) is 0 Å². The largest absolute Gasteiger partial charge is 0.383 e. The molecule has 1 aliphatic rings. The fraction of sp³-hybridized carbons (Fsp3) is 0.750. The number of hydrogen-bond donors (Lipinski definition) is 2. The first-order valence-corrected chi connectivity index (χ1v) is 7.61. The van der Waals surface area contributed by atoms with E-state index in [0.29, 0.717) is 17.8 Å². The Bertz CT molecular complexity index is 490. The van der Waals surface area contributed by atoms with Gasteiger partial charge in [0.15, 0.2) is 0 Å². The number of anilines is 2. The summed E-state index contributed by atoms with van der Waals surface area (Å²) in [6, 6.07) is 0.491. The van der Waals surface area contributed by atoms with Crippen LogP contribution < -0.4 is 11.1 Å². The van der Waals surface area contributed by atoms with Crippen LogP contribution in [-0.4, -0.2) is 16.0 Å². The minimum absolute atomic E-state index is 0.0904. The Kier molecular flexibility index (Phi) is 3.94. The molecule has 3 unspecified atom stereocenters. The molecule has 112 valence electrons. The minimum Gasteiger partial charge on any atom is -0.383 e. The Labute approximate surface area is 122 Å². The highest BCUT2D eigenvalue weighted by Gasteiger charge is 2.30. The van der Waals surface area contributed by atoms with Gasteiger partial charge in [0, 0.05) is 17.0 Å². The van der Waals surface area contributed by atoms with Gasteiger partial charge in [-0.15, -0.1) is 0 Å². The average Bonchev–Trinajstić information content (AvgIpc) is 2.65.